The van der Waals surface area contributed by atoms with E-state index in [4.69, 9.17) is 10.5 Å². The average Bonchev–Trinajstić information content (AvgIpc) is 2.46. The van der Waals surface area contributed by atoms with Crippen molar-refractivity contribution in [2.75, 3.05) is 26.7 Å². The Balaban J connectivity index is 2.89. The molecule has 0 aliphatic rings. The third kappa shape index (κ3) is 4.80. The third-order valence-electron chi connectivity index (χ3n) is 3.82. The second-order valence-electron chi connectivity index (χ2n) is 6.29. The molecule has 1 aromatic rings. The van der Waals surface area contributed by atoms with E-state index in [1.54, 1.807) is 7.11 Å². The lowest BCUT2D eigenvalue weighted by atomic mass is 9.91. The molecule has 1 unspecified atom stereocenters. The Hall–Kier alpha value is -1.06. The zero-order valence-electron chi connectivity index (χ0n) is 13.6. The molecule has 3 nitrogen and oxygen atoms in total. The van der Waals surface area contributed by atoms with Crippen LogP contribution in [0.2, 0.25) is 0 Å². The monoisotopic (exact) mass is 278 g/mol. The molecule has 0 bridgehead atoms. The van der Waals surface area contributed by atoms with E-state index in [1.807, 2.05) is 6.07 Å². The summed E-state index contributed by atoms with van der Waals surface area (Å²) in [6, 6.07) is 8.72. The Kier molecular flexibility index (Phi) is 6.50. The van der Waals surface area contributed by atoms with Crippen LogP contribution in [-0.2, 0) is 0 Å². The summed E-state index contributed by atoms with van der Waals surface area (Å²) in [5.41, 5.74) is 7.33. The van der Waals surface area contributed by atoms with E-state index in [0.29, 0.717) is 12.6 Å². The van der Waals surface area contributed by atoms with Gasteiger partial charge in [-0.05, 0) is 49.5 Å². The van der Waals surface area contributed by atoms with Crippen LogP contribution in [-0.4, -0.2) is 31.6 Å². The largest absolute Gasteiger partial charge is 0.497 e. The van der Waals surface area contributed by atoms with E-state index in [2.05, 4.69) is 50.8 Å². The summed E-state index contributed by atoms with van der Waals surface area (Å²) in [5, 5.41) is 0. The van der Waals surface area contributed by atoms with Crippen LogP contribution in [0.3, 0.4) is 0 Å². The molecule has 0 saturated carbocycles. The van der Waals surface area contributed by atoms with Gasteiger partial charge in [0.25, 0.3) is 0 Å². The third-order valence-corrected chi connectivity index (χ3v) is 3.82. The smallest absolute Gasteiger partial charge is 0.119 e. The number of methoxy groups -OCH3 is 1. The highest BCUT2D eigenvalue weighted by molar-refractivity contribution is 5.30. The van der Waals surface area contributed by atoms with Gasteiger partial charge in [-0.3, -0.25) is 4.90 Å². The van der Waals surface area contributed by atoms with Crippen LogP contribution in [0.4, 0.5) is 0 Å². The van der Waals surface area contributed by atoms with E-state index < -0.39 is 0 Å². The van der Waals surface area contributed by atoms with Crippen molar-refractivity contribution in [1.82, 2.24) is 4.90 Å². The van der Waals surface area contributed by atoms with E-state index >= 15 is 0 Å². The first-order valence-corrected chi connectivity index (χ1v) is 7.51. The number of ether oxygens (including phenoxy) is 1. The number of hydrogen-bond donors (Lipinski definition) is 1. The quantitative estimate of drug-likeness (QED) is 0.791. The second-order valence-corrected chi connectivity index (χ2v) is 6.29. The van der Waals surface area contributed by atoms with Crippen LogP contribution >= 0.6 is 0 Å². The molecule has 1 atom stereocenters. The molecule has 0 fully saturated rings. The van der Waals surface area contributed by atoms with Crippen LogP contribution in [0.1, 0.15) is 45.7 Å². The molecule has 0 aliphatic heterocycles. The van der Waals surface area contributed by atoms with Crippen molar-refractivity contribution < 1.29 is 4.74 Å². The minimum absolute atomic E-state index is 0.141. The van der Waals surface area contributed by atoms with Gasteiger partial charge < -0.3 is 10.5 Å². The summed E-state index contributed by atoms with van der Waals surface area (Å²) >= 11 is 0. The molecule has 1 rings (SSSR count). The SMILES string of the molecule is CCCN(CC(C)(C)CN)C(C)c1cccc(OC)c1. The lowest BCUT2D eigenvalue weighted by Crippen LogP contribution is -2.40. The molecule has 0 heterocycles. The normalized spacial score (nSPS) is 13.6. The van der Waals surface area contributed by atoms with Crippen LogP contribution in [0.25, 0.3) is 0 Å². The zero-order chi connectivity index (χ0) is 15.2. The van der Waals surface area contributed by atoms with Crippen LogP contribution < -0.4 is 10.5 Å². The van der Waals surface area contributed by atoms with Gasteiger partial charge in [-0.2, -0.15) is 0 Å². The van der Waals surface area contributed by atoms with Gasteiger partial charge in [-0.25, -0.2) is 0 Å². The van der Waals surface area contributed by atoms with Gasteiger partial charge in [0.05, 0.1) is 7.11 Å². The maximum absolute atomic E-state index is 5.89. The van der Waals surface area contributed by atoms with Gasteiger partial charge in [-0.1, -0.05) is 32.9 Å². The predicted molar refractivity (Wildman–Crippen MR) is 86.1 cm³/mol. The first-order chi connectivity index (χ1) is 9.43. The first kappa shape index (κ1) is 17.0. The molecule has 20 heavy (non-hydrogen) atoms. The van der Waals surface area contributed by atoms with Crippen LogP contribution in [0.5, 0.6) is 5.75 Å². The van der Waals surface area contributed by atoms with Gasteiger partial charge in [-0.15, -0.1) is 0 Å². The predicted octanol–water partition coefficient (Wildman–Crippen LogP) is 3.45. The van der Waals surface area contributed by atoms with Crippen molar-refractivity contribution in [3.63, 3.8) is 0 Å². The van der Waals surface area contributed by atoms with Crippen molar-refractivity contribution in [2.24, 2.45) is 11.1 Å². The van der Waals surface area contributed by atoms with E-state index in [9.17, 15) is 0 Å². The minimum atomic E-state index is 0.141. The molecule has 2 N–H and O–H groups in total. The molecule has 0 aliphatic carbocycles. The minimum Gasteiger partial charge on any atom is -0.497 e. The molecule has 0 saturated heterocycles. The van der Waals surface area contributed by atoms with Crippen LogP contribution in [0, 0.1) is 5.41 Å². The van der Waals surface area contributed by atoms with E-state index in [0.717, 1.165) is 25.3 Å². The lowest BCUT2D eigenvalue weighted by Gasteiger charge is -2.36. The Morgan fingerprint density at radius 3 is 2.60 bits per heavy atom. The standard InChI is InChI=1S/C17H30N2O/c1-6-10-19(13-17(3,4)12-18)14(2)15-8-7-9-16(11-15)20-5/h7-9,11,14H,6,10,12-13,18H2,1-5H3. The first-order valence-electron chi connectivity index (χ1n) is 7.51. The van der Waals surface area contributed by atoms with Gasteiger partial charge in [0.1, 0.15) is 5.75 Å². The highest BCUT2D eigenvalue weighted by Gasteiger charge is 2.24. The average molecular weight is 278 g/mol. The molecular formula is C17H30N2O. The van der Waals surface area contributed by atoms with Gasteiger partial charge >= 0.3 is 0 Å². The fourth-order valence-electron chi connectivity index (χ4n) is 2.42. The topological polar surface area (TPSA) is 38.5 Å². The van der Waals surface area contributed by atoms with Gasteiger partial charge in [0, 0.05) is 12.6 Å². The summed E-state index contributed by atoms with van der Waals surface area (Å²) < 4.78 is 5.33. The lowest BCUT2D eigenvalue weighted by molar-refractivity contribution is 0.140. The Morgan fingerprint density at radius 1 is 1.35 bits per heavy atom. The molecule has 0 aromatic heterocycles. The number of rotatable bonds is 8. The van der Waals surface area contributed by atoms with Crippen molar-refractivity contribution in [3.8, 4) is 5.75 Å². The maximum atomic E-state index is 5.89. The van der Waals surface area contributed by atoms with Crippen molar-refractivity contribution in [3.05, 3.63) is 29.8 Å². The fourth-order valence-corrected chi connectivity index (χ4v) is 2.42. The second kappa shape index (κ2) is 7.65. The summed E-state index contributed by atoms with van der Waals surface area (Å²) in [6.07, 6.45) is 1.15. The molecule has 1 aromatic carbocycles. The molecular weight excluding hydrogens is 248 g/mol. The summed E-state index contributed by atoms with van der Waals surface area (Å²) in [5.74, 6) is 0.920. The molecule has 3 heteroatoms. The number of nitrogens with zero attached hydrogens (tertiary/aromatic N) is 1. The van der Waals surface area contributed by atoms with E-state index in [-0.39, 0.29) is 5.41 Å². The Labute approximate surface area is 124 Å². The molecule has 0 radical (unpaired) electrons. The molecule has 0 amide bonds. The fraction of sp³-hybridized carbons (Fsp3) is 0.647. The molecule has 114 valence electrons. The summed E-state index contributed by atoms with van der Waals surface area (Å²) in [4.78, 5) is 2.52. The number of benzene rings is 1. The van der Waals surface area contributed by atoms with E-state index in [1.165, 1.54) is 5.56 Å². The van der Waals surface area contributed by atoms with Gasteiger partial charge in [0.15, 0.2) is 0 Å². The zero-order valence-corrected chi connectivity index (χ0v) is 13.6. The summed E-state index contributed by atoms with van der Waals surface area (Å²) in [6.45, 7) is 11.7. The van der Waals surface area contributed by atoms with Gasteiger partial charge in [0.2, 0.25) is 0 Å². The van der Waals surface area contributed by atoms with Crippen molar-refractivity contribution >= 4 is 0 Å². The Bertz CT molecular complexity index is 404. The number of nitrogens with two attached hydrogens (primary N) is 1. The Morgan fingerprint density at radius 2 is 2.05 bits per heavy atom. The highest BCUT2D eigenvalue weighted by atomic mass is 16.5. The summed E-state index contributed by atoms with van der Waals surface area (Å²) in [7, 11) is 1.71. The maximum Gasteiger partial charge on any atom is 0.119 e. The molecule has 0 spiro atoms. The number of hydrogen-bond acceptors (Lipinski definition) is 3. The highest BCUT2D eigenvalue weighted by Crippen LogP contribution is 2.27. The van der Waals surface area contributed by atoms with Crippen molar-refractivity contribution in [2.45, 2.75) is 40.2 Å². The van der Waals surface area contributed by atoms with Crippen LogP contribution in [0.15, 0.2) is 24.3 Å². The van der Waals surface area contributed by atoms with Crippen molar-refractivity contribution in [1.29, 1.82) is 0 Å².